The molecule has 0 unspecified atom stereocenters. The van der Waals surface area contributed by atoms with E-state index >= 15 is 0 Å². The van der Waals surface area contributed by atoms with Gasteiger partial charge in [0.15, 0.2) is 0 Å². The van der Waals surface area contributed by atoms with Crippen molar-refractivity contribution in [3.8, 4) is 0 Å². The molecule has 112 valence electrons. The summed E-state index contributed by atoms with van der Waals surface area (Å²) in [6.07, 6.45) is 3.56. The molecule has 0 atom stereocenters. The van der Waals surface area contributed by atoms with Gasteiger partial charge in [-0.1, -0.05) is 0 Å². The molecule has 5 N–H and O–H groups in total. The summed E-state index contributed by atoms with van der Waals surface area (Å²) in [6.45, 7) is 0.0965. The molecule has 1 aromatic heterocycles. The molecular weight excluding hydrogens is 296 g/mol. The number of aromatic nitrogens is 2. The van der Waals surface area contributed by atoms with Crippen LogP contribution in [0.3, 0.4) is 0 Å². The maximum atomic E-state index is 12.2. The van der Waals surface area contributed by atoms with Crippen molar-refractivity contribution >= 4 is 21.7 Å². The third kappa shape index (κ3) is 3.58. The highest BCUT2D eigenvalue weighted by Crippen LogP contribution is 2.18. The quantitative estimate of drug-likeness (QED) is 0.563. The van der Waals surface area contributed by atoms with Crippen molar-refractivity contribution in [2.24, 2.45) is 0 Å². The number of rotatable bonds is 6. The molecule has 0 fully saturated rings. The SMILES string of the molecule is Nc1ccc(S(=O)(=O)NCCc2ncc[nH]2)c(C(=O)O)c1. The van der Waals surface area contributed by atoms with Crippen LogP contribution >= 0.6 is 0 Å². The Hall–Kier alpha value is -2.39. The van der Waals surface area contributed by atoms with Gasteiger partial charge in [0.05, 0.1) is 10.5 Å². The third-order valence-electron chi connectivity index (χ3n) is 2.73. The molecule has 2 rings (SSSR count). The molecule has 0 saturated carbocycles. The molecular formula is C12H14N4O4S. The van der Waals surface area contributed by atoms with E-state index in [-0.39, 0.29) is 22.7 Å². The number of anilines is 1. The van der Waals surface area contributed by atoms with Crippen LogP contribution in [0.2, 0.25) is 0 Å². The van der Waals surface area contributed by atoms with Crippen LogP contribution in [0.5, 0.6) is 0 Å². The molecule has 0 aliphatic carbocycles. The molecule has 9 heteroatoms. The van der Waals surface area contributed by atoms with Crippen molar-refractivity contribution in [2.75, 3.05) is 12.3 Å². The minimum absolute atomic E-state index is 0.0965. The van der Waals surface area contributed by atoms with Gasteiger partial charge in [-0.15, -0.1) is 0 Å². The second-order valence-electron chi connectivity index (χ2n) is 4.24. The zero-order valence-corrected chi connectivity index (χ0v) is 11.7. The van der Waals surface area contributed by atoms with E-state index in [0.717, 1.165) is 6.07 Å². The number of aromatic amines is 1. The number of imidazole rings is 1. The lowest BCUT2D eigenvalue weighted by molar-refractivity contribution is 0.0692. The second kappa shape index (κ2) is 5.94. The Morgan fingerprint density at radius 3 is 2.81 bits per heavy atom. The summed E-state index contributed by atoms with van der Waals surface area (Å²) in [5.74, 6) is -0.720. The average Bonchev–Trinajstić information content (AvgIpc) is 2.91. The van der Waals surface area contributed by atoms with E-state index < -0.39 is 16.0 Å². The molecule has 0 aliphatic rings. The number of nitrogens with two attached hydrogens (primary N) is 1. The number of sulfonamides is 1. The molecule has 8 nitrogen and oxygen atoms in total. The predicted molar refractivity (Wildman–Crippen MR) is 75.3 cm³/mol. The summed E-state index contributed by atoms with van der Waals surface area (Å²) in [4.78, 5) is 17.6. The molecule has 0 amide bonds. The number of benzene rings is 1. The van der Waals surface area contributed by atoms with Gasteiger partial charge in [0, 0.05) is 31.0 Å². The highest BCUT2D eigenvalue weighted by atomic mass is 32.2. The van der Waals surface area contributed by atoms with Crippen LogP contribution in [0.1, 0.15) is 16.2 Å². The van der Waals surface area contributed by atoms with E-state index in [9.17, 15) is 13.2 Å². The van der Waals surface area contributed by atoms with Gasteiger partial charge in [0.25, 0.3) is 0 Å². The van der Waals surface area contributed by atoms with Gasteiger partial charge in [0.1, 0.15) is 5.82 Å². The zero-order valence-electron chi connectivity index (χ0n) is 10.9. The van der Waals surface area contributed by atoms with E-state index in [1.165, 1.54) is 12.1 Å². The Balaban J connectivity index is 2.17. The molecule has 0 saturated heterocycles. The predicted octanol–water partition coefficient (Wildman–Crippen LogP) is 0.211. The Morgan fingerprint density at radius 1 is 1.43 bits per heavy atom. The smallest absolute Gasteiger partial charge is 0.337 e. The minimum atomic E-state index is -3.93. The number of aromatic carboxylic acids is 1. The number of H-pyrrole nitrogens is 1. The summed E-state index contributed by atoms with van der Waals surface area (Å²) in [7, 11) is -3.93. The van der Waals surface area contributed by atoms with Gasteiger partial charge in [-0.2, -0.15) is 0 Å². The molecule has 0 aliphatic heterocycles. The van der Waals surface area contributed by atoms with Crippen LogP contribution in [0.4, 0.5) is 5.69 Å². The summed E-state index contributed by atoms with van der Waals surface area (Å²) >= 11 is 0. The fourth-order valence-electron chi connectivity index (χ4n) is 1.77. The molecule has 1 heterocycles. The van der Waals surface area contributed by atoms with E-state index in [1.54, 1.807) is 12.4 Å². The average molecular weight is 310 g/mol. The molecule has 0 spiro atoms. The summed E-state index contributed by atoms with van der Waals surface area (Å²) < 4.78 is 26.6. The van der Waals surface area contributed by atoms with Gasteiger partial charge >= 0.3 is 5.97 Å². The van der Waals surface area contributed by atoms with E-state index in [0.29, 0.717) is 12.2 Å². The first kappa shape index (κ1) is 15.0. The van der Waals surface area contributed by atoms with E-state index in [2.05, 4.69) is 14.7 Å². The Morgan fingerprint density at radius 2 is 2.19 bits per heavy atom. The van der Waals surface area contributed by atoms with Crippen molar-refractivity contribution in [1.29, 1.82) is 0 Å². The number of carbonyl (C=O) groups is 1. The number of nitrogens with one attached hydrogen (secondary N) is 2. The topological polar surface area (TPSA) is 138 Å². The van der Waals surface area contributed by atoms with Gasteiger partial charge in [-0.3, -0.25) is 0 Å². The van der Waals surface area contributed by atoms with Crippen LogP contribution in [-0.2, 0) is 16.4 Å². The van der Waals surface area contributed by atoms with Crippen LogP contribution in [0, 0.1) is 0 Å². The maximum absolute atomic E-state index is 12.2. The number of carboxylic acids is 1. The van der Waals surface area contributed by atoms with Gasteiger partial charge in [0.2, 0.25) is 10.0 Å². The van der Waals surface area contributed by atoms with Crippen LogP contribution in [0.15, 0.2) is 35.5 Å². The summed E-state index contributed by atoms with van der Waals surface area (Å²) in [6, 6.07) is 3.63. The summed E-state index contributed by atoms with van der Waals surface area (Å²) in [5.41, 5.74) is 5.30. The Labute approximate surface area is 121 Å². The maximum Gasteiger partial charge on any atom is 0.337 e. The molecule has 1 aromatic carbocycles. The van der Waals surface area contributed by atoms with E-state index in [4.69, 9.17) is 10.8 Å². The standard InChI is InChI=1S/C12H14N4O4S/c13-8-1-2-10(9(7-8)12(17)18)21(19,20)16-4-3-11-14-5-6-15-11/h1-2,5-7,16H,3-4,13H2,(H,14,15)(H,17,18). The number of hydrogen-bond acceptors (Lipinski definition) is 5. The lowest BCUT2D eigenvalue weighted by Gasteiger charge is -2.09. The van der Waals surface area contributed by atoms with Crippen LogP contribution in [0.25, 0.3) is 0 Å². The van der Waals surface area contributed by atoms with Crippen LogP contribution in [-0.4, -0.2) is 36.0 Å². The van der Waals surface area contributed by atoms with Crippen molar-refractivity contribution < 1.29 is 18.3 Å². The molecule has 0 radical (unpaired) electrons. The first-order valence-corrected chi connectivity index (χ1v) is 7.49. The number of nitrogens with zero attached hydrogens (tertiary/aromatic N) is 1. The lowest BCUT2D eigenvalue weighted by Crippen LogP contribution is -2.27. The number of hydrogen-bond donors (Lipinski definition) is 4. The lowest BCUT2D eigenvalue weighted by atomic mass is 10.2. The Kier molecular flexibility index (Phi) is 4.24. The summed E-state index contributed by atoms with van der Waals surface area (Å²) in [5, 5.41) is 9.07. The van der Waals surface area contributed by atoms with Gasteiger partial charge < -0.3 is 15.8 Å². The van der Waals surface area contributed by atoms with Crippen molar-refractivity contribution in [3.05, 3.63) is 42.0 Å². The van der Waals surface area contributed by atoms with E-state index in [1.807, 2.05) is 0 Å². The minimum Gasteiger partial charge on any atom is -0.478 e. The monoisotopic (exact) mass is 310 g/mol. The molecule has 0 bridgehead atoms. The second-order valence-corrected chi connectivity index (χ2v) is 5.98. The molecule has 2 aromatic rings. The van der Waals surface area contributed by atoms with Gasteiger partial charge in [-0.25, -0.2) is 22.9 Å². The highest BCUT2D eigenvalue weighted by Gasteiger charge is 2.22. The third-order valence-corrected chi connectivity index (χ3v) is 4.25. The Bertz CT molecular complexity index is 741. The molecule has 21 heavy (non-hydrogen) atoms. The zero-order chi connectivity index (χ0) is 15.5. The van der Waals surface area contributed by atoms with Gasteiger partial charge in [-0.05, 0) is 18.2 Å². The highest BCUT2D eigenvalue weighted by molar-refractivity contribution is 7.89. The normalized spacial score (nSPS) is 11.4. The number of nitrogen functional groups attached to an aromatic ring is 1. The van der Waals surface area contributed by atoms with Crippen molar-refractivity contribution in [3.63, 3.8) is 0 Å². The first-order valence-electron chi connectivity index (χ1n) is 6.01. The van der Waals surface area contributed by atoms with Crippen molar-refractivity contribution in [2.45, 2.75) is 11.3 Å². The van der Waals surface area contributed by atoms with Crippen LogP contribution < -0.4 is 10.5 Å². The fraction of sp³-hybridized carbons (Fsp3) is 0.167. The fourth-order valence-corrected chi connectivity index (χ4v) is 2.97. The largest absolute Gasteiger partial charge is 0.478 e. The first-order chi connectivity index (χ1) is 9.90. The van der Waals surface area contributed by atoms with Crippen molar-refractivity contribution in [1.82, 2.24) is 14.7 Å². The number of carboxylic acid groups (broad SMARTS) is 1.